The molecule has 3 rings (SSSR count). The van der Waals surface area contributed by atoms with Crippen LogP contribution in [0.15, 0.2) is 47.4 Å². The molecule has 0 saturated carbocycles. The predicted octanol–water partition coefficient (Wildman–Crippen LogP) is 3.72. The Kier molecular flexibility index (Phi) is 5.02. The minimum Gasteiger partial charge on any atom is -0.486 e. The minimum absolute atomic E-state index is 0.120. The summed E-state index contributed by atoms with van der Waals surface area (Å²) in [4.78, 5) is 12.5. The van der Waals surface area contributed by atoms with E-state index in [9.17, 15) is 9.18 Å². The molecule has 1 aliphatic heterocycles. The molecule has 0 radical (unpaired) electrons. The molecule has 2 aromatic carbocycles. The number of amides is 1. The summed E-state index contributed by atoms with van der Waals surface area (Å²) in [6.45, 7) is 1.04. The van der Waals surface area contributed by atoms with Crippen LogP contribution < -0.4 is 14.8 Å². The molecule has 0 bridgehead atoms. The van der Waals surface area contributed by atoms with Gasteiger partial charge >= 0.3 is 0 Å². The molecule has 0 saturated heterocycles. The molecular weight excluding hydrogens is 317 g/mol. The van der Waals surface area contributed by atoms with Crippen LogP contribution in [-0.4, -0.2) is 24.9 Å². The second kappa shape index (κ2) is 7.37. The molecule has 0 spiro atoms. The highest BCUT2D eigenvalue weighted by Gasteiger charge is 2.13. The molecule has 1 N–H and O–H groups in total. The zero-order valence-corrected chi connectivity index (χ0v) is 13.2. The normalized spacial score (nSPS) is 12.7. The quantitative estimate of drug-likeness (QED) is 0.847. The summed E-state index contributed by atoms with van der Waals surface area (Å²) >= 11 is 1.33. The number of hydrogen-bond acceptors (Lipinski definition) is 4. The average molecular weight is 333 g/mol. The minimum atomic E-state index is -0.259. The highest BCUT2D eigenvalue weighted by atomic mass is 32.2. The SMILES string of the molecule is O=C(CCSc1ccccc1F)Nc1ccc2c(c1)OCCO2. The number of carbonyl (C=O) groups excluding carboxylic acids is 1. The van der Waals surface area contributed by atoms with E-state index in [1.165, 1.54) is 17.8 Å². The maximum atomic E-state index is 13.5. The Morgan fingerprint density at radius 2 is 1.91 bits per heavy atom. The van der Waals surface area contributed by atoms with Gasteiger partial charge in [0.25, 0.3) is 0 Å². The van der Waals surface area contributed by atoms with Crippen molar-refractivity contribution in [3.8, 4) is 11.5 Å². The number of rotatable bonds is 5. The van der Waals surface area contributed by atoms with Gasteiger partial charge in [0.2, 0.25) is 5.91 Å². The Labute approximate surface area is 138 Å². The van der Waals surface area contributed by atoms with Crippen molar-refractivity contribution < 1.29 is 18.7 Å². The van der Waals surface area contributed by atoms with Gasteiger partial charge in [-0.15, -0.1) is 11.8 Å². The van der Waals surface area contributed by atoms with E-state index in [2.05, 4.69) is 5.32 Å². The first kappa shape index (κ1) is 15.7. The fourth-order valence-corrected chi connectivity index (χ4v) is 3.05. The second-order valence-electron chi connectivity index (χ2n) is 4.94. The fraction of sp³-hybridized carbons (Fsp3) is 0.235. The van der Waals surface area contributed by atoms with Crippen LogP contribution in [0.1, 0.15) is 6.42 Å². The van der Waals surface area contributed by atoms with Gasteiger partial charge in [0.1, 0.15) is 19.0 Å². The number of fused-ring (bicyclic) bond motifs is 1. The molecule has 2 aromatic rings. The van der Waals surface area contributed by atoms with E-state index < -0.39 is 0 Å². The van der Waals surface area contributed by atoms with Gasteiger partial charge in [0, 0.05) is 28.8 Å². The second-order valence-corrected chi connectivity index (χ2v) is 6.07. The Morgan fingerprint density at radius 3 is 2.74 bits per heavy atom. The maximum absolute atomic E-state index is 13.5. The summed E-state index contributed by atoms with van der Waals surface area (Å²) in [5.74, 6) is 1.45. The van der Waals surface area contributed by atoms with Gasteiger partial charge in [-0.25, -0.2) is 4.39 Å². The van der Waals surface area contributed by atoms with Crippen LogP contribution in [0.4, 0.5) is 10.1 Å². The van der Waals surface area contributed by atoms with Gasteiger partial charge in [0.05, 0.1) is 0 Å². The average Bonchev–Trinajstić information content (AvgIpc) is 2.56. The van der Waals surface area contributed by atoms with Crippen LogP contribution in [0, 0.1) is 5.82 Å². The van der Waals surface area contributed by atoms with Crippen LogP contribution in [-0.2, 0) is 4.79 Å². The lowest BCUT2D eigenvalue weighted by Crippen LogP contribution is -2.16. The van der Waals surface area contributed by atoms with Crippen molar-refractivity contribution in [2.45, 2.75) is 11.3 Å². The number of ether oxygens (including phenoxy) is 2. The number of nitrogens with one attached hydrogen (secondary N) is 1. The third-order valence-electron chi connectivity index (χ3n) is 3.25. The van der Waals surface area contributed by atoms with Gasteiger partial charge in [0.15, 0.2) is 11.5 Å². The van der Waals surface area contributed by atoms with Crippen molar-refractivity contribution in [1.82, 2.24) is 0 Å². The lowest BCUT2D eigenvalue weighted by molar-refractivity contribution is -0.115. The lowest BCUT2D eigenvalue weighted by atomic mass is 10.2. The fourth-order valence-electron chi connectivity index (χ4n) is 2.16. The number of benzene rings is 2. The molecule has 120 valence electrons. The van der Waals surface area contributed by atoms with Crippen molar-refractivity contribution in [2.24, 2.45) is 0 Å². The molecule has 1 heterocycles. The zero-order chi connectivity index (χ0) is 16.1. The Balaban J connectivity index is 1.50. The summed E-state index contributed by atoms with van der Waals surface area (Å²) < 4.78 is 24.4. The van der Waals surface area contributed by atoms with Crippen LogP contribution in [0.25, 0.3) is 0 Å². The molecule has 1 aliphatic rings. The number of thioether (sulfide) groups is 1. The number of carbonyl (C=O) groups is 1. The Morgan fingerprint density at radius 1 is 1.13 bits per heavy atom. The van der Waals surface area contributed by atoms with E-state index in [1.54, 1.807) is 36.4 Å². The molecule has 4 nitrogen and oxygen atoms in total. The van der Waals surface area contributed by atoms with Crippen LogP contribution >= 0.6 is 11.8 Å². The summed E-state index contributed by atoms with van der Waals surface area (Å²) in [5, 5.41) is 2.81. The summed E-state index contributed by atoms with van der Waals surface area (Å²) in [6.07, 6.45) is 0.299. The first-order valence-corrected chi connectivity index (χ1v) is 8.28. The summed E-state index contributed by atoms with van der Waals surface area (Å²) in [7, 11) is 0. The molecular formula is C17H16FNO3S. The van der Waals surface area contributed by atoms with Crippen LogP contribution in [0.2, 0.25) is 0 Å². The van der Waals surface area contributed by atoms with Gasteiger partial charge in [-0.1, -0.05) is 12.1 Å². The molecule has 1 amide bonds. The third kappa shape index (κ3) is 4.16. The first-order valence-electron chi connectivity index (χ1n) is 7.29. The monoisotopic (exact) mass is 333 g/mol. The number of halogens is 1. The Bertz CT molecular complexity index is 708. The van der Waals surface area contributed by atoms with Crippen molar-refractivity contribution >= 4 is 23.4 Å². The lowest BCUT2D eigenvalue weighted by Gasteiger charge is -2.19. The number of anilines is 1. The van der Waals surface area contributed by atoms with Gasteiger partial charge in [-0.2, -0.15) is 0 Å². The van der Waals surface area contributed by atoms with Gasteiger partial charge in [-0.3, -0.25) is 4.79 Å². The third-order valence-corrected chi connectivity index (χ3v) is 4.30. The van der Waals surface area contributed by atoms with E-state index in [1.807, 2.05) is 0 Å². The first-order chi connectivity index (χ1) is 11.2. The van der Waals surface area contributed by atoms with E-state index >= 15 is 0 Å². The van der Waals surface area contributed by atoms with E-state index in [0.29, 0.717) is 47.5 Å². The van der Waals surface area contributed by atoms with Crippen molar-refractivity contribution in [2.75, 3.05) is 24.3 Å². The van der Waals surface area contributed by atoms with Crippen molar-refractivity contribution in [3.05, 3.63) is 48.3 Å². The molecule has 6 heteroatoms. The largest absolute Gasteiger partial charge is 0.486 e. The summed E-state index contributed by atoms with van der Waals surface area (Å²) in [6, 6.07) is 11.8. The highest BCUT2D eigenvalue weighted by molar-refractivity contribution is 7.99. The Hall–Kier alpha value is -2.21. The molecule has 0 unspecified atom stereocenters. The highest BCUT2D eigenvalue weighted by Crippen LogP contribution is 2.32. The smallest absolute Gasteiger partial charge is 0.225 e. The van der Waals surface area contributed by atoms with E-state index in [4.69, 9.17) is 9.47 Å². The topological polar surface area (TPSA) is 47.6 Å². The zero-order valence-electron chi connectivity index (χ0n) is 12.4. The molecule has 23 heavy (non-hydrogen) atoms. The van der Waals surface area contributed by atoms with Gasteiger partial charge < -0.3 is 14.8 Å². The van der Waals surface area contributed by atoms with Crippen molar-refractivity contribution in [3.63, 3.8) is 0 Å². The predicted molar refractivity (Wildman–Crippen MR) is 87.8 cm³/mol. The molecule has 0 fully saturated rings. The van der Waals surface area contributed by atoms with E-state index in [0.717, 1.165) is 0 Å². The van der Waals surface area contributed by atoms with Crippen LogP contribution in [0.3, 0.4) is 0 Å². The summed E-state index contributed by atoms with van der Waals surface area (Å²) in [5.41, 5.74) is 0.662. The molecule has 0 atom stereocenters. The van der Waals surface area contributed by atoms with Crippen LogP contribution in [0.5, 0.6) is 11.5 Å². The van der Waals surface area contributed by atoms with Gasteiger partial charge in [-0.05, 0) is 24.3 Å². The molecule has 0 aliphatic carbocycles. The van der Waals surface area contributed by atoms with E-state index in [-0.39, 0.29) is 11.7 Å². The maximum Gasteiger partial charge on any atom is 0.225 e. The standard InChI is InChI=1S/C17H16FNO3S/c18-13-3-1-2-4-16(13)23-10-7-17(20)19-12-5-6-14-15(11-12)22-9-8-21-14/h1-6,11H,7-10H2,(H,19,20). The number of hydrogen-bond donors (Lipinski definition) is 1. The van der Waals surface area contributed by atoms with Crippen molar-refractivity contribution in [1.29, 1.82) is 0 Å². The molecule has 0 aromatic heterocycles.